The molecule has 0 radical (unpaired) electrons. The largest absolute Gasteiger partial charge is 0.365 e. The molecule has 4 aliphatic rings. The summed E-state index contributed by atoms with van der Waals surface area (Å²) in [5.74, 6) is 2.01. The van der Waals surface area contributed by atoms with E-state index in [2.05, 4.69) is 14.8 Å². The van der Waals surface area contributed by atoms with Crippen LogP contribution in [0.2, 0.25) is 0 Å². The molecule has 5 nitrogen and oxygen atoms in total. The summed E-state index contributed by atoms with van der Waals surface area (Å²) in [6, 6.07) is 4.18. The maximum atomic E-state index is 11.7. The summed E-state index contributed by atoms with van der Waals surface area (Å²) < 4.78 is 0. The van der Waals surface area contributed by atoms with Gasteiger partial charge in [0.15, 0.2) is 0 Å². The zero-order chi connectivity index (χ0) is 15.1. The minimum absolute atomic E-state index is 0.380. The fraction of sp³-hybridized carbons (Fsp3) is 0.647. The molecule has 3 saturated heterocycles. The normalized spacial score (nSPS) is 28.6. The molecule has 1 aromatic heterocycles. The SMILES string of the molecule is NC(=O)c1cccnc1N1C[C@@H]2CC[C@H](C1)N(CC1CC1)C2. The Morgan fingerprint density at radius 1 is 1.23 bits per heavy atom. The Labute approximate surface area is 131 Å². The van der Waals surface area contributed by atoms with Gasteiger partial charge < -0.3 is 10.6 Å². The van der Waals surface area contributed by atoms with Gasteiger partial charge in [0.05, 0.1) is 5.56 Å². The van der Waals surface area contributed by atoms with Crippen LogP contribution in [0.25, 0.3) is 0 Å². The van der Waals surface area contributed by atoms with E-state index in [0.29, 0.717) is 17.5 Å². The second-order valence-corrected chi connectivity index (χ2v) is 7.14. The fourth-order valence-electron chi connectivity index (χ4n) is 4.05. The van der Waals surface area contributed by atoms with Crippen molar-refractivity contribution >= 4 is 11.7 Å². The highest BCUT2D eigenvalue weighted by Gasteiger charge is 2.38. The van der Waals surface area contributed by atoms with Crippen molar-refractivity contribution < 1.29 is 4.79 Å². The molecule has 1 saturated carbocycles. The van der Waals surface area contributed by atoms with Crippen molar-refractivity contribution in [1.29, 1.82) is 0 Å². The number of rotatable bonds is 4. The quantitative estimate of drug-likeness (QED) is 0.915. The lowest BCUT2D eigenvalue weighted by Gasteiger charge is -2.36. The number of aromatic nitrogens is 1. The van der Waals surface area contributed by atoms with Gasteiger partial charge in [-0.15, -0.1) is 0 Å². The summed E-state index contributed by atoms with van der Waals surface area (Å²) in [7, 11) is 0. The zero-order valence-corrected chi connectivity index (χ0v) is 12.9. The van der Waals surface area contributed by atoms with E-state index < -0.39 is 0 Å². The number of hydrogen-bond donors (Lipinski definition) is 1. The monoisotopic (exact) mass is 300 g/mol. The van der Waals surface area contributed by atoms with Crippen molar-refractivity contribution in [3.63, 3.8) is 0 Å². The summed E-state index contributed by atoms with van der Waals surface area (Å²) in [5, 5.41) is 0. The third-order valence-corrected chi connectivity index (χ3v) is 5.37. The average molecular weight is 300 g/mol. The molecule has 22 heavy (non-hydrogen) atoms. The Morgan fingerprint density at radius 2 is 2.09 bits per heavy atom. The molecule has 5 rings (SSSR count). The summed E-state index contributed by atoms with van der Waals surface area (Å²) in [5.41, 5.74) is 6.08. The van der Waals surface area contributed by atoms with Gasteiger partial charge in [-0.2, -0.15) is 0 Å². The zero-order valence-electron chi connectivity index (χ0n) is 12.9. The average Bonchev–Trinajstić information content (AvgIpc) is 3.34. The number of anilines is 1. The number of carbonyl (C=O) groups is 1. The van der Waals surface area contributed by atoms with Gasteiger partial charge in [-0.3, -0.25) is 9.69 Å². The van der Waals surface area contributed by atoms with Gasteiger partial charge in [0.2, 0.25) is 0 Å². The highest BCUT2D eigenvalue weighted by Crippen LogP contribution is 2.35. The molecule has 2 N–H and O–H groups in total. The molecule has 1 aromatic rings. The maximum Gasteiger partial charge on any atom is 0.252 e. The van der Waals surface area contributed by atoms with E-state index in [9.17, 15) is 4.79 Å². The van der Waals surface area contributed by atoms with Gasteiger partial charge in [0.25, 0.3) is 5.91 Å². The van der Waals surface area contributed by atoms with Crippen molar-refractivity contribution in [3.8, 4) is 0 Å². The minimum atomic E-state index is -0.380. The smallest absolute Gasteiger partial charge is 0.252 e. The predicted octanol–water partition coefficient (Wildman–Crippen LogP) is 1.49. The molecule has 0 aromatic carbocycles. The van der Waals surface area contributed by atoms with Crippen molar-refractivity contribution in [2.24, 2.45) is 17.6 Å². The van der Waals surface area contributed by atoms with E-state index in [0.717, 1.165) is 24.8 Å². The molecule has 4 fully saturated rings. The first-order chi connectivity index (χ1) is 10.7. The molecule has 0 unspecified atom stereocenters. The van der Waals surface area contributed by atoms with E-state index in [1.807, 2.05) is 0 Å². The molecule has 1 aliphatic carbocycles. The van der Waals surface area contributed by atoms with Gasteiger partial charge in [0, 0.05) is 38.4 Å². The number of carbonyl (C=O) groups excluding carboxylic acids is 1. The maximum absolute atomic E-state index is 11.7. The predicted molar refractivity (Wildman–Crippen MR) is 85.8 cm³/mol. The van der Waals surface area contributed by atoms with Gasteiger partial charge in [0.1, 0.15) is 5.82 Å². The van der Waals surface area contributed by atoms with Gasteiger partial charge >= 0.3 is 0 Å². The minimum Gasteiger partial charge on any atom is -0.365 e. The molecular formula is C17H24N4O. The van der Waals surface area contributed by atoms with Crippen molar-refractivity contribution in [1.82, 2.24) is 9.88 Å². The Balaban J connectivity index is 1.58. The highest BCUT2D eigenvalue weighted by atomic mass is 16.1. The summed E-state index contributed by atoms with van der Waals surface area (Å²) >= 11 is 0. The molecule has 4 heterocycles. The number of nitrogens with zero attached hydrogens (tertiary/aromatic N) is 3. The van der Waals surface area contributed by atoms with Crippen LogP contribution in [0.3, 0.4) is 0 Å². The van der Waals surface area contributed by atoms with Crippen LogP contribution in [-0.2, 0) is 0 Å². The Bertz CT molecular complexity index is 572. The molecule has 3 aliphatic heterocycles. The number of fused-ring (bicyclic) bond motifs is 4. The van der Waals surface area contributed by atoms with Crippen LogP contribution >= 0.6 is 0 Å². The number of nitrogens with two attached hydrogens (primary N) is 1. The Kier molecular flexibility index (Phi) is 3.53. The van der Waals surface area contributed by atoms with Gasteiger partial charge in [-0.05, 0) is 49.7 Å². The lowest BCUT2D eigenvalue weighted by molar-refractivity contribution is 0.100. The first-order valence-corrected chi connectivity index (χ1v) is 8.44. The second kappa shape index (κ2) is 5.54. The Morgan fingerprint density at radius 3 is 2.86 bits per heavy atom. The van der Waals surface area contributed by atoms with Crippen LogP contribution in [0, 0.1) is 11.8 Å². The van der Waals surface area contributed by atoms with Crippen molar-refractivity contribution in [3.05, 3.63) is 23.9 Å². The number of piperidine rings is 1. The lowest BCUT2D eigenvalue weighted by Crippen LogP contribution is -2.45. The van der Waals surface area contributed by atoms with E-state index >= 15 is 0 Å². The van der Waals surface area contributed by atoms with Crippen LogP contribution in [0.1, 0.15) is 36.0 Å². The van der Waals surface area contributed by atoms with Crippen LogP contribution in [0.15, 0.2) is 18.3 Å². The Hall–Kier alpha value is -1.62. The second-order valence-electron chi connectivity index (χ2n) is 7.14. The third kappa shape index (κ3) is 2.70. The van der Waals surface area contributed by atoms with Crippen molar-refractivity contribution in [2.45, 2.75) is 31.7 Å². The molecule has 1 amide bonds. The molecule has 118 valence electrons. The number of pyridine rings is 1. The molecule has 2 atom stereocenters. The van der Waals surface area contributed by atoms with E-state index in [1.54, 1.807) is 18.3 Å². The van der Waals surface area contributed by atoms with Crippen LogP contribution in [0.4, 0.5) is 5.82 Å². The standard InChI is InChI=1S/C17H24N4O/c18-16(22)15-2-1-7-19-17(15)21-10-13-5-6-14(11-21)20(9-13)8-12-3-4-12/h1-2,7,12-14H,3-6,8-11H2,(H2,18,22)/t13-,14-/m1/s1. The number of hydrogen-bond acceptors (Lipinski definition) is 4. The van der Waals surface area contributed by atoms with E-state index in [4.69, 9.17) is 5.73 Å². The molecule has 2 bridgehead atoms. The van der Waals surface area contributed by atoms with Crippen molar-refractivity contribution in [2.75, 3.05) is 31.1 Å². The summed E-state index contributed by atoms with van der Waals surface area (Å²) in [6.07, 6.45) is 7.14. The fourth-order valence-corrected chi connectivity index (χ4v) is 4.05. The first kappa shape index (κ1) is 14.0. The molecular weight excluding hydrogens is 276 g/mol. The lowest BCUT2D eigenvalue weighted by atomic mass is 9.95. The number of primary amides is 1. The topological polar surface area (TPSA) is 62.5 Å². The van der Waals surface area contributed by atoms with Crippen LogP contribution in [0.5, 0.6) is 0 Å². The summed E-state index contributed by atoms with van der Waals surface area (Å²) in [4.78, 5) is 21.2. The van der Waals surface area contributed by atoms with Gasteiger partial charge in [-0.1, -0.05) is 0 Å². The van der Waals surface area contributed by atoms with Gasteiger partial charge in [-0.25, -0.2) is 4.98 Å². The van der Waals surface area contributed by atoms with Crippen LogP contribution in [-0.4, -0.2) is 48.0 Å². The first-order valence-electron chi connectivity index (χ1n) is 8.44. The highest BCUT2D eigenvalue weighted by molar-refractivity contribution is 5.97. The third-order valence-electron chi connectivity index (χ3n) is 5.37. The van der Waals surface area contributed by atoms with Crippen LogP contribution < -0.4 is 10.6 Å². The number of amides is 1. The molecule has 5 heteroatoms. The van der Waals surface area contributed by atoms with E-state index in [-0.39, 0.29) is 5.91 Å². The molecule has 0 spiro atoms. The summed E-state index contributed by atoms with van der Waals surface area (Å²) in [6.45, 7) is 4.44. The van der Waals surface area contributed by atoms with E-state index in [1.165, 1.54) is 38.8 Å².